The van der Waals surface area contributed by atoms with Crippen molar-refractivity contribution in [2.45, 2.75) is 47.1 Å². The first kappa shape index (κ1) is 28.2. The van der Waals surface area contributed by atoms with Gasteiger partial charge in [-0.05, 0) is 104 Å². The van der Waals surface area contributed by atoms with Gasteiger partial charge in [0, 0.05) is 36.1 Å². The van der Waals surface area contributed by atoms with Gasteiger partial charge in [0.15, 0.2) is 0 Å². The second-order valence-corrected chi connectivity index (χ2v) is 10.8. The monoisotopic (exact) mass is 539 g/mol. The summed E-state index contributed by atoms with van der Waals surface area (Å²) in [6.07, 6.45) is 5.50. The Kier molecular flexibility index (Phi) is 8.84. The van der Waals surface area contributed by atoms with Crippen LogP contribution >= 0.6 is 0 Å². The quantitative estimate of drug-likeness (QED) is 0.229. The summed E-state index contributed by atoms with van der Waals surface area (Å²) in [5.41, 5.74) is 12.8. The van der Waals surface area contributed by atoms with Crippen molar-refractivity contribution in [2.75, 3.05) is 23.3 Å². The standard InChI is InChI=1S/C38H41N3/c1-6-28(5)39-31-21-15-29(16-22-31)38(30-17-23-33(24-18-30)41(7-2)8-3)36-25-26-37(35-12-10-9-11-34(35)36)40-32-19-13-27(4)14-20-32/h9-26,28,39H,6-8H2,1-5H3. The molecule has 41 heavy (non-hydrogen) atoms. The van der Waals surface area contributed by atoms with E-state index in [2.05, 4.69) is 154 Å². The van der Waals surface area contributed by atoms with E-state index in [4.69, 9.17) is 4.99 Å². The van der Waals surface area contributed by atoms with Crippen LogP contribution in [0.15, 0.2) is 114 Å². The fourth-order valence-electron chi connectivity index (χ4n) is 5.38. The van der Waals surface area contributed by atoms with E-state index in [9.17, 15) is 0 Å². The lowest BCUT2D eigenvalue weighted by Crippen LogP contribution is -2.21. The van der Waals surface area contributed by atoms with Crippen molar-refractivity contribution >= 4 is 33.9 Å². The minimum Gasteiger partial charge on any atom is -0.383 e. The average Bonchev–Trinajstić information content (AvgIpc) is 3.01. The van der Waals surface area contributed by atoms with Gasteiger partial charge < -0.3 is 10.2 Å². The molecule has 1 N–H and O–H groups in total. The summed E-state index contributed by atoms with van der Waals surface area (Å²) >= 11 is 0. The molecule has 0 spiro atoms. The first-order chi connectivity index (χ1) is 20.0. The lowest BCUT2D eigenvalue weighted by atomic mass is 9.83. The number of rotatable bonds is 9. The van der Waals surface area contributed by atoms with E-state index in [1.54, 1.807) is 0 Å². The molecule has 0 amide bonds. The van der Waals surface area contributed by atoms with Crippen LogP contribution in [-0.2, 0) is 0 Å². The number of benzene rings is 4. The van der Waals surface area contributed by atoms with E-state index in [0.717, 1.165) is 42.2 Å². The second-order valence-electron chi connectivity index (χ2n) is 10.8. The number of nitrogens with one attached hydrogen (secondary N) is 1. The van der Waals surface area contributed by atoms with Crippen LogP contribution in [0.2, 0.25) is 0 Å². The van der Waals surface area contributed by atoms with Crippen molar-refractivity contribution in [2.24, 2.45) is 4.99 Å². The van der Waals surface area contributed by atoms with Crippen LogP contribution in [0, 0.1) is 6.92 Å². The van der Waals surface area contributed by atoms with Gasteiger partial charge in [-0.1, -0.05) is 79.2 Å². The maximum atomic E-state index is 5.03. The van der Waals surface area contributed by atoms with Crippen LogP contribution in [0.5, 0.6) is 0 Å². The van der Waals surface area contributed by atoms with E-state index in [1.165, 1.54) is 39.1 Å². The van der Waals surface area contributed by atoms with Crippen molar-refractivity contribution in [1.82, 2.24) is 0 Å². The van der Waals surface area contributed by atoms with Crippen molar-refractivity contribution in [3.8, 4) is 0 Å². The molecule has 0 saturated carbocycles. The molecule has 4 aromatic carbocycles. The Morgan fingerprint density at radius 1 is 0.732 bits per heavy atom. The third-order valence-corrected chi connectivity index (χ3v) is 7.94. The van der Waals surface area contributed by atoms with Gasteiger partial charge in [0.05, 0.1) is 11.4 Å². The highest BCUT2D eigenvalue weighted by Gasteiger charge is 2.20. The van der Waals surface area contributed by atoms with Gasteiger partial charge in [-0.3, -0.25) is 0 Å². The molecule has 1 atom stereocenters. The van der Waals surface area contributed by atoms with Crippen molar-refractivity contribution < 1.29 is 0 Å². The SMILES string of the molecule is CCC(C)Nc1ccc(C(=C2C=CC(=Nc3ccc(C)cc3)c3ccccc32)c2ccc(N(CC)CC)cc2)cc1. The predicted octanol–water partition coefficient (Wildman–Crippen LogP) is 9.70. The first-order valence-electron chi connectivity index (χ1n) is 14.9. The van der Waals surface area contributed by atoms with E-state index >= 15 is 0 Å². The number of hydrogen-bond donors (Lipinski definition) is 1. The predicted molar refractivity (Wildman–Crippen MR) is 179 cm³/mol. The minimum atomic E-state index is 0.436. The lowest BCUT2D eigenvalue weighted by Gasteiger charge is -2.23. The van der Waals surface area contributed by atoms with Crippen LogP contribution in [0.25, 0.3) is 11.1 Å². The largest absolute Gasteiger partial charge is 0.383 e. The Morgan fingerprint density at radius 3 is 1.95 bits per heavy atom. The van der Waals surface area contributed by atoms with Crippen molar-refractivity contribution in [3.63, 3.8) is 0 Å². The highest BCUT2D eigenvalue weighted by molar-refractivity contribution is 6.19. The number of aryl methyl sites for hydroxylation is 1. The van der Waals surface area contributed by atoms with Gasteiger partial charge in [0.25, 0.3) is 0 Å². The Morgan fingerprint density at radius 2 is 1.34 bits per heavy atom. The van der Waals surface area contributed by atoms with Crippen LogP contribution in [0.1, 0.15) is 61.9 Å². The molecule has 1 unspecified atom stereocenters. The van der Waals surface area contributed by atoms with Gasteiger partial charge in [-0.15, -0.1) is 0 Å². The topological polar surface area (TPSA) is 27.6 Å². The molecule has 4 aromatic rings. The summed E-state index contributed by atoms with van der Waals surface area (Å²) < 4.78 is 0. The Balaban J connectivity index is 1.65. The highest BCUT2D eigenvalue weighted by atomic mass is 15.1. The van der Waals surface area contributed by atoms with E-state index in [1.807, 2.05) is 0 Å². The molecule has 0 aliphatic heterocycles. The van der Waals surface area contributed by atoms with Crippen LogP contribution in [0.4, 0.5) is 17.1 Å². The smallest absolute Gasteiger partial charge is 0.0715 e. The first-order valence-corrected chi connectivity index (χ1v) is 14.9. The molecule has 208 valence electrons. The summed E-state index contributed by atoms with van der Waals surface area (Å²) in [5.74, 6) is 0. The minimum absolute atomic E-state index is 0.436. The van der Waals surface area contributed by atoms with Crippen LogP contribution < -0.4 is 10.2 Å². The Bertz CT molecular complexity index is 1550. The molecular weight excluding hydrogens is 498 g/mol. The molecular formula is C38H41N3. The van der Waals surface area contributed by atoms with Crippen LogP contribution in [-0.4, -0.2) is 24.8 Å². The highest BCUT2D eigenvalue weighted by Crippen LogP contribution is 2.38. The Hall–Kier alpha value is -4.37. The third-order valence-electron chi connectivity index (χ3n) is 7.94. The molecule has 0 fully saturated rings. The molecule has 0 bridgehead atoms. The summed E-state index contributed by atoms with van der Waals surface area (Å²) in [5, 5.41) is 3.61. The van der Waals surface area contributed by atoms with Gasteiger partial charge in [0.2, 0.25) is 0 Å². The van der Waals surface area contributed by atoms with Gasteiger partial charge in [-0.2, -0.15) is 0 Å². The van der Waals surface area contributed by atoms with Gasteiger partial charge in [0.1, 0.15) is 0 Å². The second kappa shape index (κ2) is 12.9. The lowest BCUT2D eigenvalue weighted by molar-refractivity contribution is 0.764. The molecule has 3 nitrogen and oxygen atoms in total. The summed E-state index contributed by atoms with van der Waals surface area (Å²) in [4.78, 5) is 7.41. The number of allylic oxidation sites excluding steroid dienone is 3. The number of anilines is 2. The van der Waals surface area contributed by atoms with E-state index < -0.39 is 0 Å². The molecule has 0 aromatic heterocycles. The molecule has 3 heteroatoms. The molecule has 0 radical (unpaired) electrons. The Labute approximate surface area is 246 Å². The fourth-order valence-corrected chi connectivity index (χ4v) is 5.38. The van der Waals surface area contributed by atoms with Gasteiger partial charge >= 0.3 is 0 Å². The maximum Gasteiger partial charge on any atom is 0.0715 e. The number of fused-ring (bicyclic) bond motifs is 1. The van der Waals surface area contributed by atoms with Crippen molar-refractivity contribution in [3.05, 3.63) is 137 Å². The normalized spacial score (nSPS) is 15.4. The zero-order valence-corrected chi connectivity index (χ0v) is 25.0. The van der Waals surface area contributed by atoms with Gasteiger partial charge in [-0.25, -0.2) is 4.99 Å². The number of aliphatic imine (C=N–C) groups is 1. The summed E-state index contributed by atoms with van der Waals surface area (Å²) in [6, 6.07) is 35.4. The molecule has 0 saturated heterocycles. The summed E-state index contributed by atoms with van der Waals surface area (Å²) in [6.45, 7) is 12.9. The number of nitrogens with zero attached hydrogens (tertiary/aromatic N) is 2. The molecule has 5 rings (SSSR count). The zero-order valence-electron chi connectivity index (χ0n) is 25.0. The van der Waals surface area contributed by atoms with E-state index in [-0.39, 0.29) is 0 Å². The molecule has 0 heterocycles. The maximum absolute atomic E-state index is 5.03. The average molecular weight is 540 g/mol. The molecule has 1 aliphatic rings. The van der Waals surface area contributed by atoms with E-state index in [0.29, 0.717) is 6.04 Å². The third kappa shape index (κ3) is 6.36. The summed E-state index contributed by atoms with van der Waals surface area (Å²) in [7, 11) is 0. The van der Waals surface area contributed by atoms with Crippen molar-refractivity contribution in [1.29, 1.82) is 0 Å². The number of hydrogen-bond acceptors (Lipinski definition) is 3. The van der Waals surface area contributed by atoms with Crippen LogP contribution in [0.3, 0.4) is 0 Å². The fraction of sp³-hybridized carbons (Fsp3) is 0.237. The molecule has 1 aliphatic carbocycles. The zero-order chi connectivity index (χ0) is 28.8.